The van der Waals surface area contributed by atoms with Gasteiger partial charge in [0.25, 0.3) is 5.91 Å². The van der Waals surface area contributed by atoms with Gasteiger partial charge >= 0.3 is 0 Å². The molecule has 1 saturated heterocycles. The minimum Gasteiger partial charge on any atom is -0.497 e. The number of hydrogen-bond acceptors (Lipinski definition) is 4. The summed E-state index contributed by atoms with van der Waals surface area (Å²) < 4.78 is 5.19. The summed E-state index contributed by atoms with van der Waals surface area (Å²) in [4.78, 5) is 17.2. The van der Waals surface area contributed by atoms with E-state index in [1.54, 1.807) is 7.11 Å². The van der Waals surface area contributed by atoms with Crippen molar-refractivity contribution in [1.29, 1.82) is 0 Å². The molecular weight excluding hydrogens is 328 g/mol. The van der Waals surface area contributed by atoms with Crippen LogP contribution in [0.2, 0.25) is 0 Å². The van der Waals surface area contributed by atoms with Crippen LogP contribution in [-0.2, 0) is 0 Å². The Morgan fingerprint density at radius 3 is 2.77 bits per heavy atom. The molecule has 2 heterocycles. The van der Waals surface area contributed by atoms with Crippen molar-refractivity contribution in [2.75, 3.05) is 34.3 Å². The van der Waals surface area contributed by atoms with Gasteiger partial charge in [-0.05, 0) is 76.7 Å². The quantitative estimate of drug-likeness (QED) is 0.864. The van der Waals surface area contributed by atoms with Crippen molar-refractivity contribution in [1.82, 2.24) is 20.0 Å². The topological polar surface area (TPSA) is 61.5 Å². The minimum atomic E-state index is 0.0562. The third-order valence-corrected chi connectivity index (χ3v) is 4.99. The number of rotatable bonds is 6. The Morgan fingerprint density at radius 1 is 1.31 bits per heavy atom. The summed E-state index contributed by atoms with van der Waals surface area (Å²) in [6.45, 7) is 1.82. The number of methoxy groups -OCH3 is 1. The molecule has 0 saturated carbocycles. The number of carbonyl (C=O) groups is 1. The first-order valence-electron chi connectivity index (χ1n) is 9.24. The molecular formula is C20H28N4O2. The highest BCUT2D eigenvalue weighted by Gasteiger charge is 2.28. The number of H-pyrrole nitrogens is 1. The largest absolute Gasteiger partial charge is 0.497 e. The van der Waals surface area contributed by atoms with Crippen molar-refractivity contribution in [2.45, 2.75) is 31.7 Å². The van der Waals surface area contributed by atoms with Gasteiger partial charge in [0.05, 0.1) is 12.8 Å². The van der Waals surface area contributed by atoms with E-state index in [4.69, 9.17) is 4.74 Å². The number of carbonyl (C=O) groups excluding carboxylic acids is 1. The molecule has 1 fully saturated rings. The molecule has 0 bridgehead atoms. The van der Waals surface area contributed by atoms with Crippen LogP contribution >= 0.6 is 0 Å². The number of amides is 1. The molecule has 1 atom stereocenters. The Hall–Kier alpha value is -2.34. The van der Waals surface area contributed by atoms with Crippen molar-refractivity contribution >= 4 is 5.91 Å². The Morgan fingerprint density at radius 2 is 2.08 bits per heavy atom. The molecule has 3 rings (SSSR count). The first kappa shape index (κ1) is 18.5. The van der Waals surface area contributed by atoms with Gasteiger partial charge in [-0.3, -0.25) is 9.89 Å². The predicted octanol–water partition coefficient (Wildman–Crippen LogP) is 3.03. The van der Waals surface area contributed by atoms with E-state index >= 15 is 0 Å². The average Bonchev–Trinajstić information content (AvgIpc) is 3.16. The Kier molecular flexibility index (Phi) is 5.93. The zero-order chi connectivity index (χ0) is 18.5. The molecule has 1 aromatic carbocycles. The molecule has 140 valence electrons. The summed E-state index contributed by atoms with van der Waals surface area (Å²) in [6.07, 6.45) is 4.36. The number of aromatic amines is 1. The van der Waals surface area contributed by atoms with E-state index in [0.717, 1.165) is 49.4 Å². The molecule has 6 heteroatoms. The second-order valence-corrected chi connectivity index (χ2v) is 7.14. The van der Waals surface area contributed by atoms with Gasteiger partial charge in [0, 0.05) is 18.2 Å². The number of likely N-dealkylation sites (tertiary alicyclic amines) is 1. The summed E-state index contributed by atoms with van der Waals surface area (Å²) in [5.74, 6) is 0.860. The van der Waals surface area contributed by atoms with Crippen LogP contribution < -0.4 is 4.74 Å². The van der Waals surface area contributed by atoms with Crippen LogP contribution in [0.25, 0.3) is 11.3 Å². The van der Waals surface area contributed by atoms with E-state index in [1.807, 2.05) is 35.2 Å². The van der Waals surface area contributed by atoms with Crippen LogP contribution in [0.1, 0.15) is 36.2 Å². The number of piperidine rings is 1. The normalized spacial score (nSPS) is 17.5. The standard InChI is InChI=1S/C20H28N4O2/c1-23(2)13-11-16-6-4-5-12-24(16)20(25)19-14-18(21-22-19)15-7-9-17(26-3)10-8-15/h7-10,14,16H,4-6,11-13H2,1-3H3,(H,21,22)/t16-/m0/s1. The maximum Gasteiger partial charge on any atom is 0.272 e. The molecule has 0 unspecified atom stereocenters. The van der Waals surface area contributed by atoms with Gasteiger partial charge in [0.2, 0.25) is 0 Å². The van der Waals surface area contributed by atoms with Gasteiger partial charge in [-0.25, -0.2) is 0 Å². The molecule has 0 spiro atoms. The maximum absolute atomic E-state index is 13.0. The van der Waals surface area contributed by atoms with Gasteiger partial charge in [0.1, 0.15) is 11.4 Å². The van der Waals surface area contributed by atoms with Gasteiger partial charge in [-0.2, -0.15) is 5.10 Å². The number of ether oxygens (including phenoxy) is 1. The zero-order valence-electron chi connectivity index (χ0n) is 15.9. The van der Waals surface area contributed by atoms with Crippen LogP contribution in [0, 0.1) is 0 Å². The minimum absolute atomic E-state index is 0.0562. The maximum atomic E-state index is 13.0. The summed E-state index contributed by atoms with van der Waals surface area (Å²) in [7, 11) is 5.79. The second kappa shape index (κ2) is 8.36. The third kappa shape index (κ3) is 4.25. The highest BCUT2D eigenvalue weighted by atomic mass is 16.5. The second-order valence-electron chi connectivity index (χ2n) is 7.14. The summed E-state index contributed by atoms with van der Waals surface area (Å²) >= 11 is 0. The van der Waals surface area contributed by atoms with Crippen molar-refractivity contribution in [3.63, 3.8) is 0 Å². The monoisotopic (exact) mass is 356 g/mol. The van der Waals surface area contributed by atoms with Crippen LogP contribution in [0.3, 0.4) is 0 Å². The fourth-order valence-electron chi connectivity index (χ4n) is 3.47. The predicted molar refractivity (Wildman–Crippen MR) is 102 cm³/mol. The SMILES string of the molecule is COc1ccc(-c2cc(C(=O)N3CCCC[C@H]3CCN(C)C)[nH]n2)cc1. The smallest absolute Gasteiger partial charge is 0.272 e. The Labute approximate surface area is 155 Å². The van der Waals surface area contributed by atoms with Crippen molar-refractivity contribution in [2.24, 2.45) is 0 Å². The van der Waals surface area contributed by atoms with Crippen molar-refractivity contribution in [3.05, 3.63) is 36.0 Å². The lowest BCUT2D eigenvalue weighted by Crippen LogP contribution is -2.45. The molecule has 0 radical (unpaired) electrons. The fraction of sp³-hybridized carbons (Fsp3) is 0.500. The van der Waals surface area contributed by atoms with Crippen molar-refractivity contribution in [3.8, 4) is 17.0 Å². The molecule has 6 nitrogen and oxygen atoms in total. The molecule has 1 aliphatic rings. The number of nitrogens with zero attached hydrogens (tertiary/aromatic N) is 3. The van der Waals surface area contributed by atoms with E-state index < -0.39 is 0 Å². The lowest BCUT2D eigenvalue weighted by atomic mass is 9.98. The zero-order valence-corrected chi connectivity index (χ0v) is 15.9. The lowest BCUT2D eigenvalue weighted by Gasteiger charge is -2.36. The fourth-order valence-corrected chi connectivity index (χ4v) is 3.47. The van der Waals surface area contributed by atoms with E-state index in [0.29, 0.717) is 11.7 Å². The van der Waals surface area contributed by atoms with Gasteiger partial charge in [-0.15, -0.1) is 0 Å². The molecule has 26 heavy (non-hydrogen) atoms. The van der Waals surface area contributed by atoms with E-state index in [2.05, 4.69) is 29.2 Å². The first-order chi connectivity index (χ1) is 12.6. The number of hydrogen-bond donors (Lipinski definition) is 1. The molecule has 2 aromatic rings. The summed E-state index contributed by atoms with van der Waals surface area (Å²) in [6, 6.07) is 9.85. The van der Waals surface area contributed by atoms with Crippen LogP contribution in [0.15, 0.2) is 30.3 Å². The molecule has 1 aliphatic heterocycles. The molecule has 1 amide bonds. The highest BCUT2D eigenvalue weighted by molar-refractivity contribution is 5.93. The van der Waals surface area contributed by atoms with Crippen molar-refractivity contribution < 1.29 is 9.53 Å². The van der Waals surface area contributed by atoms with Crippen LogP contribution in [0.5, 0.6) is 5.75 Å². The molecule has 1 N–H and O–H groups in total. The van der Waals surface area contributed by atoms with Gasteiger partial charge < -0.3 is 14.5 Å². The van der Waals surface area contributed by atoms with E-state index in [9.17, 15) is 4.79 Å². The third-order valence-electron chi connectivity index (χ3n) is 4.99. The summed E-state index contributed by atoms with van der Waals surface area (Å²) in [5, 5.41) is 7.27. The number of aromatic nitrogens is 2. The lowest BCUT2D eigenvalue weighted by molar-refractivity contribution is 0.0585. The summed E-state index contributed by atoms with van der Waals surface area (Å²) in [5.41, 5.74) is 2.30. The number of benzene rings is 1. The Bertz CT molecular complexity index is 724. The molecule has 1 aromatic heterocycles. The van der Waals surface area contributed by atoms with Gasteiger partial charge in [-0.1, -0.05) is 0 Å². The highest BCUT2D eigenvalue weighted by Crippen LogP contribution is 2.24. The van der Waals surface area contributed by atoms with E-state index in [1.165, 1.54) is 6.42 Å². The average molecular weight is 356 g/mol. The number of nitrogens with one attached hydrogen (secondary N) is 1. The molecule has 0 aliphatic carbocycles. The van der Waals surface area contributed by atoms with Crippen LogP contribution in [0.4, 0.5) is 0 Å². The van der Waals surface area contributed by atoms with Crippen LogP contribution in [-0.4, -0.2) is 66.2 Å². The first-order valence-corrected chi connectivity index (χ1v) is 9.24. The Balaban J connectivity index is 1.73. The van der Waals surface area contributed by atoms with Gasteiger partial charge in [0.15, 0.2) is 0 Å². The van der Waals surface area contributed by atoms with E-state index in [-0.39, 0.29) is 5.91 Å².